The average molecular weight is 338 g/mol. The Balaban J connectivity index is 1.87. The van der Waals surface area contributed by atoms with Crippen molar-refractivity contribution < 1.29 is 14.3 Å². The Bertz CT molecular complexity index is 717. The number of hydrogen-bond acceptors (Lipinski definition) is 7. The van der Waals surface area contributed by atoms with Crippen LogP contribution >= 0.6 is 11.8 Å². The van der Waals surface area contributed by atoms with Gasteiger partial charge in [-0.05, 0) is 19.9 Å². The summed E-state index contributed by atoms with van der Waals surface area (Å²) >= 11 is 1.14. The molecule has 0 aliphatic heterocycles. The standard InChI is InChI=1S/C13H18N6O3S/c1-8-6-9(2)19-11(15-8)17-13(18-19)23-7-10(20)16-12(21)14-4-5-22-3/h6H,4-5,7H2,1-3H3,(H2,14,16,20,21). The number of hydrogen-bond donors (Lipinski definition) is 2. The molecule has 2 N–H and O–H groups in total. The van der Waals surface area contributed by atoms with Crippen LogP contribution in [0.15, 0.2) is 11.2 Å². The smallest absolute Gasteiger partial charge is 0.321 e. The number of rotatable bonds is 6. The summed E-state index contributed by atoms with van der Waals surface area (Å²) in [5.74, 6) is 0.0967. The van der Waals surface area contributed by atoms with Crippen LogP contribution in [-0.4, -0.2) is 57.5 Å². The number of carbonyl (C=O) groups excluding carboxylic acids is 2. The van der Waals surface area contributed by atoms with Gasteiger partial charge >= 0.3 is 6.03 Å². The number of aryl methyl sites for hydroxylation is 2. The second-order valence-electron chi connectivity index (χ2n) is 4.73. The van der Waals surface area contributed by atoms with Crippen molar-refractivity contribution >= 4 is 29.5 Å². The van der Waals surface area contributed by atoms with Crippen molar-refractivity contribution in [2.45, 2.75) is 19.0 Å². The van der Waals surface area contributed by atoms with E-state index in [1.807, 2.05) is 19.9 Å². The Morgan fingerprint density at radius 3 is 2.87 bits per heavy atom. The van der Waals surface area contributed by atoms with E-state index in [4.69, 9.17) is 4.74 Å². The van der Waals surface area contributed by atoms with E-state index in [1.165, 1.54) is 7.11 Å². The highest BCUT2D eigenvalue weighted by atomic mass is 32.2. The molecule has 2 aromatic heterocycles. The van der Waals surface area contributed by atoms with Gasteiger partial charge in [0.15, 0.2) is 0 Å². The van der Waals surface area contributed by atoms with E-state index in [1.54, 1.807) is 4.52 Å². The number of methoxy groups -OCH3 is 1. The van der Waals surface area contributed by atoms with Gasteiger partial charge in [0.1, 0.15) is 0 Å². The van der Waals surface area contributed by atoms with Crippen molar-refractivity contribution in [1.29, 1.82) is 0 Å². The zero-order valence-electron chi connectivity index (χ0n) is 13.1. The summed E-state index contributed by atoms with van der Waals surface area (Å²) in [6.45, 7) is 4.50. The van der Waals surface area contributed by atoms with Gasteiger partial charge in [-0.2, -0.15) is 4.98 Å². The third-order valence-corrected chi connectivity index (χ3v) is 3.61. The molecule has 0 unspecified atom stereocenters. The topological polar surface area (TPSA) is 111 Å². The molecule has 2 heterocycles. The monoisotopic (exact) mass is 338 g/mol. The van der Waals surface area contributed by atoms with Gasteiger partial charge in [0.2, 0.25) is 11.1 Å². The van der Waals surface area contributed by atoms with Crippen LogP contribution in [0.1, 0.15) is 11.4 Å². The Labute approximate surface area is 137 Å². The zero-order valence-corrected chi connectivity index (χ0v) is 13.9. The van der Waals surface area contributed by atoms with Crippen LogP contribution in [0.2, 0.25) is 0 Å². The first kappa shape index (κ1) is 17.2. The number of amides is 3. The molecule has 0 atom stereocenters. The Morgan fingerprint density at radius 1 is 1.35 bits per heavy atom. The van der Waals surface area contributed by atoms with Crippen LogP contribution in [0.5, 0.6) is 0 Å². The van der Waals surface area contributed by atoms with Gasteiger partial charge in [-0.15, -0.1) is 5.10 Å². The predicted molar refractivity (Wildman–Crippen MR) is 84.4 cm³/mol. The highest BCUT2D eigenvalue weighted by Crippen LogP contribution is 2.14. The second-order valence-corrected chi connectivity index (χ2v) is 5.67. The molecule has 0 aromatic carbocycles. The van der Waals surface area contributed by atoms with Crippen LogP contribution in [0.25, 0.3) is 5.78 Å². The lowest BCUT2D eigenvalue weighted by atomic mass is 10.4. The number of fused-ring (bicyclic) bond motifs is 1. The highest BCUT2D eigenvalue weighted by molar-refractivity contribution is 7.99. The van der Waals surface area contributed by atoms with Gasteiger partial charge in [0.25, 0.3) is 5.78 Å². The minimum Gasteiger partial charge on any atom is -0.383 e. The van der Waals surface area contributed by atoms with Crippen molar-refractivity contribution in [1.82, 2.24) is 30.2 Å². The molecule has 2 rings (SSSR count). The molecule has 3 amide bonds. The molecule has 9 nitrogen and oxygen atoms in total. The molecule has 0 saturated carbocycles. The Hall–Kier alpha value is -2.20. The number of nitrogens with one attached hydrogen (secondary N) is 2. The first-order chi connectivity index (χ1) is 11.0. The van der Waals surface area contributed by atoms with Crippen LogP contribution in [0, 0.1) is 13.8 Å². The largest absolute Gasteiger partial charge is 0.383 e. The molecule has 0 bridgehead atoms. The van der Waals surface area contributed by atoms with Crippen LogP contribution < -0.4 is 10.6 Å². The van der Waals surface area contributed by atoms with Crippen molar-refractivity contribution in [3.63, 3.8) is 0 Å². The van der Waals surface area contributed by atoms with E-state index in [9.17, 15) is 9.59 Å². The van der Waals surface area contributed by atoms with Gasteiger partial charge in [-0.25, -0.2) is 14.3 Å². The summed E-state index contributed by atoms with van der Waals surface area (Å²) in [7, 11) is 1.53. The lowest BCUT2D eigenvalue weighted by Crippen LogP contribution is -2.41. The van der Waals surface area contributed by atoms with Gasteiger partial charge in [-0.1, -0.05) is 11.8 Å². The summed E-state index contributed by atoms with van der Waals surface area (Å²) in [5, 5.41) is 9.42. The number of ether oxygens (including phenoxy) is 1. The summed E-state index contributed by atoms with van der Waals surface area (Å²) < 4.78 is 6.41. The number of imide groups is 1. The Kier molecular flexibility index (Phi) is 5.88. The van der Waals surface area contributed by atoms with Crippen molar-refractivity contribution in [2.75, 3.05) is 26.0 Å². The van der Waals surface area contributed by atoms with E-state index in [0.717, 1.165) is 23.1 Å². The summed E-state index contributed by atoms with van der Waals surface area (Å²) in [5.41, 5.74) is 1.76. The molecular formula is C13H18N6O3S. The minimum absolute atomic E-state index is 0.0343. The molecular weight excluding hydrogens is 320 g/mol. The lowest BCUT2D eigenvalue weighted by Gasteiger charge is -2.05. The molecule has 0 saturated heterocycles. The molecule has 0 aliphatic rings. The van der Waals surface area contributed by atoms with E-state index >= 15 is 0 Å². The van der Waals surface area contributed by atoms with Gasteiger partial charge < -0.3 is 10.1 Å². The van der Waals surface area contributed by atoms with E-state index in [0.29, 0.717) is 24.1 Å². The summed E-state index contributed by atoms with van der Waals surface area (Å²) in [6, 6.07) is 1.34. The van der Waals surface area contributed by atoms with Crippen molar-refractivity contribution in [2.24, 2.45) is 0 Å². The van der Waals surface area contributed by atoms with E-state index in [2.05, 4.69) is 25.7 Å². The quantitative estimate of drug-likeness (QED) is 0.576. The molecule has 124 valence electrons. The first-order valence-corrected chi connectivity index (χ1v) is 7.88. The maximum absolute atomic E-state index is 11.7. The normalized spacial score (nSPS) is 10.7. The van der Waals surface area contributed by atoms with Crippen molar-refractivity contribution in [3.8, 4) is 0 Å². The number of urea groups is 1. The van der Waals surface area contributed by atoms with Gasteiger partial charge in [0.05, 0.1) is 12.4 Å². The SMILES string of the molecule is COCCNC(=O)NC(=O)CSc1nc2nc(C)cc(C)n2n1. The highest BCUT2D eigenvalue weighted by Gasteiger charge is 2.12. The molecule has 0 fully saturated rings. The van der Waals surface area contributed by atoms with Crippen LogP contribution in [0.3, 0.4) is 0 Å². The molecule has 10 heteroatoms. The molecule has 0 radical (unpaired) electrons. The molecule has 23 heavy (non-hydrogen) atoms. The predicted octanol–water partition coefficient (Wildman–Crippen LogP) is 0.305. The fourth-order valence-electron chi connectivity index (χ4n) is 1.81. The number of nitrogens with zero attached hydrogens (tertiary/aromatic N) is 4. The van der Waals surface area contributed by atoms with E-state index in [-0.39, 0.29) is 5.75 Å². The van der Waals surface area contributed by atoms with Crippen LogP contribution in [0.4, 0.5) is 4.79 Å². The second kappa shape index (κ2) is 7.88. The number of thioether (sulfide) groups is 1. The summed E-state index contributed by atoms with van der Waals surface area (Å²) in [6.07, 6.45) is 0. The lowest BCUT2D eigenvalue weighted by molar-refractivity contribution is -0.117. The fraction of sp³-hybridized carbons (Fsp3) is 0.462. The van der Waals surface area contributed by atoms with E-state index < -0.39 is 11.9 Å². The summed E-state index contributed by atoms with van der Waals surface area (Å²) in [4.78, 5) is 31.6. The Morgan fingerprint density at radius 2 is 2.13 bits per heavy atom. The van der Waals surface area contributed by atoms with Crippen molar-refractivity contribution in [3.05, 3.63) is 17.5 Å². The van der Waals surface area contributed by atoms with Gasteiger partial charge in [0, 0.05) is 25.0 Å². The molecule has 0 aliphatic carbocycles. The zero-order chi connectivity index (χ0) is 16.8. The maximum Gasteiger partial charge on any atom is 0.321 e. The third kappa shape index (κ3) is 4.89. The number of carbonyl (C=O) groups is 2. The minimum atomic E-state index is -0.552. The molecule has 0 spiro atoms. The average Bonchev–Trinajstić information content (AvgIpc) is 2.88. The van der Waals surface area contributed by atoms with Crippen LogP contribution in [-0.2, 0) is 9.53 Å². The molecule has 2 aromatic rings. The maximum atomic E-state index is 11.7. The fourth-order valence-corrected chi connectivity index (χ4v) is 2.43. The van der Waals surface area contributed by atoms with Gasteiger partial charge in [-0.3, -0.25) is 10.1 Å². The third-order valence-electron chi connectivity index (χ3n) is 2.78. The number of aromatic nitrogens is 4. The first-order valence-electron chi connectivity index (χ1n) is 6.90.